The lowest BCUT2D eigenvalue weighted by Gasteiger charge is -2.09. The summed E-state index contributed by atoms with van der Waals surface area (Å²) in [6.07, 6.45) is -4.74. The predicted octanol–water partition coefficient (Wildman–Crippen LogP) is 2.17. The van der Waals surface area contributed by atoms with E-state index >= 15 is 0 Å². The average Bonchev–Trinajstić information content (AvgIpc) is 2.27. The molecule has 5 nitrogen and oxygen atoms in total. The first-order chi connectivity index (χ1) is 8.61. The van der Waals surface area contributed by atoms with Crippen molar-refractivity contribution in [2.45, 2.75) is 6.18 Å². The summed E-state index contributed by atoms with van der Waals surface area (Å²) in [6, 6.07) is 0.490. The van der Waals surface area contributed by atoms with Crippen LogP contribution in [-0.4, -0.2) is 23.6 Å². The molecule has 0 bridgehead atoms. The number of benzene rings is 1. The van der Waals surface area contributed by atoms with Crippen molar-refractivity contribution in [3.63, 3.8) is 0 Å². The van der Waals surface area contributed by atoms with E-state index < -0.39 is 46.4 Å². The third-order valence-corrected chi connectivity index (χ3v) is 1.91. The van der Waals surface area contributed by atoms with Crippen LogP contribution in [0.4, 0.5) is 27.6 Å². The van der Waals surface area contributed by atoms with Crippen LogP contribution in [0.2, 0.25) is 0 Å². The van der Waals surface area contributed by atoms with Gasteiger partial charge in [0.25, 0.3) is 5.91 Å². The first kappa shape index (κ1) is 14.8. The summed E-state index contributed by atoms with van der Waals surface area (Å²) in [7, 11) is 0. The Hall–Kier alpha value is -2.26. The van der Waals surface area contributed by atoms with Gasteiger partial charge in [-0.15, -0.1) is 0 Å². The molecule has 1 amide bonds. The first-order valence-corrected chi connectivity index (χ1v) is 4.60. The highest BCUT2D eigenvalue weighted by Gasteiger charge is 2.30. The van der Waals surface area contributed by atoms with Crippen LogP contribution in [0.15, 0.2) is 12.1 Å². The Morgan fingerprint density at radius 1 is 1.32 bits per heavy atom. The zero-order valence-electron chi connectivity index (χ0n) is 8.92. The largest absolute Gasteiger partial charge is 0.405 e. The second kappa shape index (κ2) is 5.16. The number of alkyl halides is 3. The molecular formula is C9H5F5N2O3. The molecule has 0 spiro atoms. The highest BCUT2D eigenvalue weighted by Crippen LogP contribution is 2.22. The minimum atomic E-state index is -4.74. The van der Waals surface area contributed by atoms with E-state index in [1.54, 1.807) is 0 Å². The number of hydrogen-bond acceptors (Lipinski definition) is 3. The highest BCUT2D eigenvalue weighted by molar-refractivity contribution is 5.95. The van der Waals surface area contributed by atoms with Crippen LogP contribution >= 0.6 is 0 Å². The summed E-state index contributed by atoms with van der Waals surface area (Å²) < 4.78 is 61.8. The molecule has 0 radical (unpaired) electrons. The summed E-state index contributed by atoms with van der Waals surface area (Å²) in [5.41, 5.74) is -2.51. The summed E-state index contributed by atoms with van der Waals surface area (Å²) >= 11 is 0. The molecule has 0 aliphatic rings. The number of nitrogens with one attached hydrogen (secondary N) is 1. The lowest BCUT2D eigenvalue weighted by Crippen LogP contribution is -2.34. The molecule has 19 heavy (non-hydrogen) atoms. The third-order valence-electron chi connectivity index (χ3n) is 1.91. The van der Waals surface area contributed by atoms with Gasteiger partial charge in [0, 0.05) is 0 Å². The quantitative estimate of drug-likeness (QED) is 0.525. The molecule has 1 aromatic carbocycles. The summed E-state index contributed by atoms with van der Waals surface area (Å²) in [6.45, 7) is -1.77. The minimum absolute atomic E-state index is 0.218. The Morgan fingerprint density at radius 2 is 1.89 bits per heavy atom. The van der Waals surface area contributed by atoms with Crippen molar-refractivity contribution in [2.24, 2.45) is 0 Å². The van der Waals surface area contributed by atoms with E-state index in [2.05, 4.69) is 0 Å². The molecule has 0 unspecified atom stereocenters. The molecule has 0 aliphatic heterocycles. The van der Waals surface area contributed by atoms with Crippen molar-refractivity contribution in [1.29, 1.82) is 0 Å². The van der Waals surface area contributed by atoms with Gasteiger partial charge in [-0.3, -0.25) is 14.9 Å². The van der Waals surface area contributed by atoms with E-state index in [0.29, 0.717) is 0 Å². The maximum absolute atomic E-state index is 13.4. The smallest absolute Gasteiger partial charge is 0.343 e. The molecule has 0 aromatic heterocycles. The van der Waals surface area contributed by atoms with Crippen molar-refractivity contribution in [3.05, 3.63) is 39.4 Å². The van der Waals surface area contributed by atoms with Gasteiger partial charge in [-0.05, 0) is 6.07 Å². The topological polar surface area (TPSA) is 72.2 Å². The zero-order chi connectivity index (χ0) is 14.8. The van der Waals surface area contributed by atoms with Crippen LogP contribution in [0.5, 0.6) is 0 Å². The van der Waals surface area contributed by atoms with Crippen LogP contribution in [0.3, 0.4) is 0 Å². The van der Waals surface area contributed by atoms with Gasteiger partial charge < -0.3 is 5.32 Å². The summed E-state index contributed by atoms with van der Waals surface area (Å²) in [4.78, 5) is 20.3. The second-order valence-electron chi connectivity index (χ2n) is 3.34. The van der Waals surface area contributed by atoms with Gasteiger partial charge in [-0.2, -0.15) is 17.6 Å². The van der Waals surface area contributed by atoms with Crippen molar-refractivity contribution >= 4 is 11.6 Å². The van der Waals surface area contributed by atoms with E-state index in [-0.39, 0.29) is 12.1 Å². The van der Waals surface area contributed by atoms with Gasteiger partial charge in [0.05, 0.1) is 16.6 Å². The SMILES string of the molecule is O=C(NCC(F)(F)F)c1cc(F)cc([N+](=O)[O-])c1F. The van der Waals surface area contributed by atoms with E-state index in [1.807, 2.05) is 0 Å². The first-order valence-electron chi connectivity index (χ1n) is 4.60. The third kappa shape index (κ3) is 3.86. The monoisotopic (exact) mass is 284 g/mol. The average molecular weight is 284 g/mol. The van der Waals surface area contributed by atoms with Gasteiger partial charge in [-0.1, -0.05) is 0 Å². The molecule has 1 rings (SSSR count). The van der Waals surface area contributed by atoms with Crippen LogP contribution in [-0.2, 0) is 0 Å². The standard InChI is InChI=1S/C9H5F5N2O3/c10-4-1-5(7(11)6(2-4)16(18)19)8(17)15-3-9(12,13)14/h1-2H,3H2,(H,15,17). The van der Waals surface area contributed by atoms with E-state index in [1.165, 1.54) is 5.32 Å². The molecule has 1 N–H and O–H groups in total. The molecular weight excluding hydrogens is 279 g/mol. The Balaban J connectivity index is 3.07. The van der Waals surface area contributed by atoms with Gasteiger partial charge >= 0.3 is 11.9 Å². The Labute approximate surface area is 102 Å². The highest BCUT2D eigenvalue weighted by atomic mass is 19.4. The number of nitro groups is 1. The fraction of sp³-hybridized carbons (Fsp3) is 0.222. The fourth-order valence-electron chi connectivity index (χ4n) is 1.15. The van der Waals surface area contributed by atoms with Crippen molar-refractivity contribution in [3.8, 4) is 0 Å². The Morgan fingerprint density at radius 3 is 2.37 bits per heavy atom. The van der Waals surface area contributed by atoms with Gasteiger partial charge in [0.15, 0.2) is 0 Å². The number of carbonyl (C=O) groups excluding carboxylic acids is 1. The number of nitro benzene ring substituents is 1. The van der Waals surface area contributed by atoms with E-state index in [4.69, 9.17) is 0 Å². The summed E-state index contributed by atoms with van der Waals surface area (Å²) in [5.74, 6) is -4.62. The van der Waals surface area contributed by atoms with Gasteiger partial charge in [0.2, 0.25) is 5.82 Å². The molecule has 1 aromatic rings. The zero-order valence-corrected chi connectivity index (χ0v) is 8.92. The van der Waals surface area contributed by atoms with E-state index in [9.17, 15) is 36.9 Å². The Kier molecular flexibility index (Phi) is 4.02. The summed E-state index contributed by atoms with van der Waals surface area (Å²) in [5, 5.41) is 11.6. The minimum Gasteiger partial charge on any atom is -0.343 e. The van der Waals surface area contributed by atoms with Crippen molar-refractivity contribution < 1.29 is 31.7 Å². The number of nitrogens with zero attached hydrogens (tertiary/aromatic N) is 1. The molecule has 0 saturated carbocycles. The maximum Gasteiger partial charge on any atom is 0.405 e. The predicted molar refractivity (Wildman–Crippen MR) is 51.4 cm³/mol. The normalized spacial score (nSPS) is 11.2. The molecule has 0 aliphatic carbocycles. The maximum atomic E-state index is 13.4. The number of rotatable bonds is 3. The molecule has 0 saturated heterocycles. The number of carbonyl (C=O) groups is 1. The second-order valence-corrected chi connectivity index (χ2v) is 3.34. The van der Waals surface area contributed by atoms with Gasteiger partial charge in [-0.25, -0.2) is 4.39 Å². The van der Waals surface area contributed by atoms with Crippen molar-refractivity contribution in [2.75, 3.05) is 6.54 Å². The lowest BCUT2D eigenvalue weighted by atomic mass is 10.1. The molecule has 10 heteroatoms. The lowest BCUT2D eigenvalue weighted by molar-refractivity contribution is -0.387. The van der Waals surface area contributed by atoms with Gasteiger partial charge in [0.1, 0.15) is 12.4 Å². The number of amides is 1. The molecule has 0 fully saturated rings. The molecule has 0 heterocycles. The molecule has 0 atom stereocenters. The fourth-order valence-corrected chi connectivity index (χ4v) is 1.15. The van der Waals surface area contributed by atoms with Crippen LogP contribution in [0.1, 0.15) is 10.4 Å². The van der Waals surface area contributed by atoms with E-state index in [0.717, 1.165) is 0 Å². The number of hydrogen-bond donors (Lipinski definition) is 1. The van der Waals surface area contributed by atoms with Crippen LogP contribution < -0.4 is 5.32 Å². The van der Waals surface area contributed by atoms with Crippen LogP contribution in [0.25, 0.3) is 0 Å². The number of halogens is 5. The Bertz CT molecular complexity index is 529. The van der Waals surface area contributed by atoms with Crippen LogP contribution in [0, 0.1) is 21.7 Å². The van der Waals surface area contributed by atoms with Crippen molar-refractivity contribution in [1.82, 2.24) is 5.32 Å². The molecule has 104 valence electrons.